The van der Waals surface area contributed by atoms with Gasteiger partial charge in [0.2, 0.25) is 0 Å². The smallest absolute Gasteiger partial charge is 0.00285 e. The van der Waals surface area contributed by atoms with Gasteiger partial charge in [-0.05, 0) is 95.9 Å². The fourth-order valence-electron chi connectivity index (χ4n) is 5.02. The van der Waals surface area contributed by atoms with Gasteiger partial charge in [0.15, 0.2) is 0 Å². The van der Waals surface area contributed by atoms with Crippen LogP contribution in [0, 0.1) is 32.1 Å². The molecule has 0 heterocycles. The number of hydrogen-bond acceptors (Lipinski definition) is 0. The topological polar surface area (TPSA) is 0 Å². The molecule has 212 valence electrons. The van der Waals surface area contributed by atoms with Crippen molar-refractivity contribution in [3.8, 4) is 0 Å². The molecule has 0 radical (unpaired) electrons. The Bertz CT molecular complexity index is 1320. The Morgan fingerprint density at radius 1 is 0.675 bits per heavy atom. The Morgan fingerprint density at radius 2 is 1.18 bits per heavy atom. The van der Waals surface area contributed by atoms with Crippen molar-refractivity contribution < 1.29 is 0 Å². The van der Waals surface area contributed by atoms with E-state index < -0.39 is 0 Å². The highest BCUT2D eigenvalue weighted by atomic mass is 14.3. The highest BCUT2D eigenvalue weighted by Gasteiger charge is 2.30. The maximum atomic E-state index is 2.40. The molecular weight excluding hydrogens is 480 g/mol. The number of allylic oxidation sites excluding steroid dienone is 19. The van der Waals surface area contributed by atoms with Crippen LogP contribution in [0.25, 0.3) is 6.08 Å². The van der Waals surface area contributed by atoms with E-state index >= 15 is 0 Å². The normalized spacial score (nSPS) is 19.8. The molecule has 1 aliphatic rings. The van der Waals surface area contributed by atoms with Gasteiger partial charge in [-0.15, -0.1) is 0 Å². The Labute approximate surface area is 246 Å². The first kappa shape index (κ1) is 32.8. The maximum Gasteiger partial charge on any atom is 0.00285 e. The van der Waals surface area contributed by atoms with Gasteiger partial charge in [0.1, 0.15) is 0 Å². The average Bonchev–Trinajstić information content (AvgIpc) is 2.88. The van der Waals surface area contributed by atoms with Crippen molar-refractivity contribution in [1.82, 2.24) is 0 Å². The van der Waals surface area contributed by atoms with Gasteiger partial charge in [-0.2, -0.15) is 0 Å². The minimum atomic E-state index is 0.340. The molecule has 1 atom stereocenters. The number of aryl methyl sites for hydroxylation is 2. The predicted molar refractivity (Wildman–Crippen MR) is 182 cm³/mol. The minimum absolute atomic E-state index is 0.340. The first-order valence-corrected chi connectivity index (χ1v) is 14.7. The molecule has 0 nitrogen and oxygen atoms in total. The molecule has 0 heteroatoms. The van der Waals surface area contributed by atoms with Crippen molar-refractivity contribution in [3.63, 3.8) is 0 Å². The van der Waals surface area contributed by atoms with Crippen LogP contribution in [0.4, 0.5) is 0 Å². The summed E-state index contributed by atoms with van der Waals surface area (Å²) in [5.41, 5.74) is 12.1. The van der Waals surface area contributed by atoms with Crippen molar-refractivity contribution in [2.45, 2.75) is 82.1 Å². The zero-order valence-corrected chi connectivity index (χ0v) is 26.8. The van der Waals surface area contributed by atoms with Gasteiger partial charge in [0.05, 0.1) is 0 Å². The second-order valence-corrected chi connectivity index (χ2v) is 12.1. The second kappa shape index (κ2) is 16.0. The lowest BCUT2D eigenvalue weighted by Crippen LogP contribution is -2.26. The maximum absolute atomic E-state index is 2.40. The first-order chi connectivity index (χ1) is 18.9. The van der Waals surface area contributed by atoms with Crippen LogP contribution in [-0.2, 0) is 0 Å². The summed E-state index contributed by atoms with van der Waals surface area (Å²) in [5.74, 6) is 0.529. The van der Waals surface area contributed by atoms with Gasteiger partial charge in [-0.3, -0.25) is 0 Å². The molecule has 0 fully saturated rings. The van der Waals surface area contributed by atoms with E-state index in [-0.39, 0.29) is 0 Å². The predicted octanol–water partition coefficient (Wildman–Crippen LogP) is 12.0. The van der Waals surface area contributed by atoms with E-state index in [0.29, 0.717) is 11.3 Å². The van der Waals surface area contributed by atoms with Crippen LogP contribution in [0.5, 0.6) is 0 Å². The van der Waals surface area contributed by atoms with Crippen molar-refractivity contribution in [2.75, 3.05) is 0 Å². The molecule has 1 aromatic carbocycles. The van der Waals surface area contributed by atoms with Crippen molar-refractivity contribution in [1.29, 1.82) is 0 Å². The van der Waals surface area contributed by atoms with E-state index in [2.05, 4.69) is 173 Å². The molecule has 0 aromatic heterocycles. The molecule has 0 amide bonds. The molecule has 0 aliphatic heterocycles. The van der Waals surface area contributed by atoms with Gasteiger partial charge in [0, 0.05) is 5.92 Å². The number of rotatable bonds is 10. The molecule has 0 spiro atoms. The highest BCUT2D eigenvalue weighted by molar-refractivity contribution is 5.61. The molecule has 0 saturated heterocycles. The fourth-order valence-corrected chi connectivity index (χ4v) is 5.02. The Morgan fingerprint density at radius 3 is 1.75 bits per heavy atom. The lowest BCUT2D eigenvalue weighted by molar-refractivity contribution is 0.255. The van der Waals surface area contributed by atoms with Crippen LogP contribution >= 0.6 is 0 Å². The summed E-state index contributed by atoms with van der Waals surface area (Å²) in [7, 11) is 0. The van der Waals surface area contributed by atoms with Gasteiger partial charge in [-0.1, -0.05) is 145 Å². The summed E-state index contributed by atoms with van der Waals surface area (Å²) >= 11 is 0. The van der Waals surface area contributed by atoms with Gasteiger partial charge in [-0.25, -0.2) is 0 Å². The molecule has 2 rings (SSSR count). The largest absolute Gasteiger partial charge is 0.0850 e. The van der Waals surface area contributed by atoms with E-state index in [1.165, 1.54) is 63.0 Å². The van der Waals surface area contributed by atoms with Crippen LogP contribution in [0.15, 0.2) is 125 Å². The zero-order valence-electron chi connectivity index (χ0n) is 26.8. The molecule has 1 aromatic rings. The fraction of sp³-hybridized carbons (Fsp3) is 0.350. The summed E-state index contributed by atoms with van der Waals surface area (Å²) in [6.07, 6.45) is 35.4. The second-order valence-electron chi connectivity index (χ2n) is 12.1. The standard InChI is InChI=1S/C40H52/c1-30(18-13-20-32(3)23-27-38-35(6)26-25-34(5)37(38)8)16-11-12-17-31(2)19-14-21-33(4)24-28-39-36(7)22-15-29-40(39,9)10/h11-14,16-28,39H,15,29H2,1-10H3/b12-11+,18-13+,19-14+,27-23+,28-24+,30-16+,31-17+,32-20+,33-21+. The Hall–Kier alpha value is -3.38. The van der Waals surface area contributed by atoms with Crippen molar-refractivity contribution >= 4 is 6.08 Å². The molecule has 1 unspecified atom stereocenters. The van der Waals surface area contributed by atoms with Crippen molar-refractivity contribution in [2.24, 2.45) is 11.3 Å². The summed E-state index contributed by atoms with van der Waals surface area (Å²) in [4.78, 5) is 0. The lowest BCUT2D eigenvalue weighted by atomic mass is 9.68. The SMILES string of the molecule is CC1=CCCC(C)(C)C1/C=C/C(C)=C/C=C/C(C)=C/C=C/C=C(C)/C=C/C=C(C)/C=C/c1c(C)ccc(C)c1C. The van der Waals surface area contributed by atoms with Crippen LogP contribution in [0.2, 0.25) is 0 Å². The molecular formula is C40H52. The quantitative estimate of drug-likeness (QED) is 0.208. The van der Waals surface area contributed by atoms with Gasteiger partial charge >= 0.3 is 0 Å². The van der Waals surface area contributed by atoms with E-state index in [0.717, 1.165) is 0 Å². The van der Waals surface area contributed by atoms with Gasteiger partial charge in [0.25, 0.3) is 0 Å². The molecule has 0 bridgehead atoms. The summed E-state index contributed by atoms with van der Waals surface area (Å²) < 4.78 is 0. The molecule has 1 aliphatic carbocycles. The minimum Gasteiger partial charge on any atom is -0.0850 e. The number of benzene rings is 1. The van der Waals surface area contributed by atoms with Gasteiger partial charge < -0.3 is 0 Å². The van der Waals surface area contributed by atoms with E-state index in [1.54, 1.807) is 0 Å². The third-order valence-electron chi connectivity index (χ3n) is 7.92. The molecule has 0 N–H and O–H groups in total. The molecule has 40 heavy (non-hydrogen) atoms. The average molecular weight is 533 g/mol. The Balaban J connectivity index is 1.89. The monoisotopic (exact) mass is 532 g/mol. The van der Waals surface area contributed by atoms with E-state index in [9.17, 15) is 0 Å². The van der Waals surface area contributed by atoms with E-state index in [4.69, 9.17) is 0 Å². The third-order valence-corrected chi connectivity index (χ3v) is 7.92. The zero-order chi connectivity index (χ0) is 29.7. The van der Waals surface area contributed by atoms with E-state index in [1.807, 2.05) is 0 Å². The van der Waals surface area contributed by atoms with Crippen LogP contribution in [0.1, 0.15) is 83.6 Å². The van der Waals surface area contributed by atoms with Crippen LogP contribution in [0.3, 0.4) is 0 Å². The summed E-state index contributed by atoms with van der Waals surface area (Å²) in [5, 5.41) is 0. The van der Waals surface area contributed by atoms with Crippen molar-refractivity contribution in [3.05, 3.63) is 147 Å². The third kappa shape index (κ3) is 11.0. The lowest BCUT2D eigenvalue weighted by Gasteiger charge is -2.36. The summed E-state index contributed by atoms with van der Waals surface area (Å²) in [6, 6.07) is 4.39. The van der Waals surface area contributed by atoms with Crippen LogP contribution in [-0.4, -0.2) is 0 Å². The first-order valence-electron chi connectivity index (χ1n) is 14.7. The number of hydrogen-bond donors (Lipinski definition) is 0. The van der Waals surface area contributed by atoms with Crippen LogP contribution < -0.4 is 0 Å². The highest BCUT2D eigenvalue weighted by Crippen LogP contribution is 2.41. The Kier molecular flexibility index (Phi) is 13.1. The summed E-state index contributed by atoms with van der Waals surface area (Å²) in [6.45, 7) is 22.2. The molecule has 0 saturated carbocycles.